The van der Waals surface area contributed by atoms with Crippen LogP contribution in [0.1, 0.15) is 68.9 Å². The summed E-state index contributed by atoms with van der Waals surface area (Å²) in [5.41, 5.74) is 1.88. The van der Waals surface area contributed by atoms with Crippen LogP contribution in [0.25, 0.3) is 0 Å². The van der Waals surface area contributed by atoms with Gasteiger partial charge in [-0.15, -0.1) is 0 Å². The number of amides is 2. The summed E-state index contributed by atoms with van der Waals surface area (Å²) in [7, 11) is 0. The van der Waals surface area contributed by atoms with Gasteiger partial charge in [0.15, 0.2) is 6.61 Å². The lowest BCUT2D eigenvalue weighted by atomic mass is 9.86. The minimum Gasteiger partial charge on any atom is -0.484 e. The van der Waals surface area contributed by atoms with Gasteiger partial charge in [0.2, 0.25) is 5.91 Å². The molecular formula is C24H35ClN2O3. The fraction of sp³-hybridized carbons (Fsp3) is 0.667. The fourth-order valence-electron chi connectivity index (χ4n) is 4.64. The highest BCUT2D eigenvalue weighted by Crippen LogP contribution is 2.28. The highest BCUT2D eigenvalue weighted by atomic mass is 35.5. The van der Waals surface area contributed by atoms with E-state index in [1.807, 2.05) is 30.9 Å². The van der Waals surface area contributed by atoms with Gasteiger partial charge in [0.05, 0.1) is 0 Å². The zero-order valence-corrected chi connectivity index (χ0v) is 19.1. The molecular weight excluding hydrogens is 400 g/mol. The number of likely N-dealkylation sites (tertiary alicyclic amines) is 1. The van der Waals surface area contributed by atoms with Crippen molar-refractivity contribution in [2.24, 2.45) is 5.92 Å². The second-order valence-corrected chi connectivity index (χ2v) is 9.30. The summed E-state index contributed by atoms with van der Waals surface area (Å²) in [6.45, 7) is 5.29. The number of benzene rings is 1. The average Bonchev–Trinajstić information content (AvgIpc) is 2.75. The molecule has 2 amide bonds. The maximum atomic E-state index is 12.5. The van der Waals surface area contributed by atoms with Crippen molar-refractivity contribution >= 4 is 23.4 Å². The van der Waals surface area contributed by atoms with Crippen LogP contribution in [0.4, 0.5) is 0 Å². The molecule has 1 N–H and O–H groups in total. The van der Waals surface area contributed by atoms with Crippen LogP contribution in [-0.2, 0) is 9.59 Å². The van der Waals surface area contributed by atoms with E-state index in [2.05, 4.69) is 5.32 Å². The third-order valence-electron chi connectivity index (χ3n) is 6.48. The number of halogens is 1. The van der Waals surface area contributed by atoms with Gasteiger partial charge >= 0.3 is 0 Å². The van der Waals surface area contributed by atoms with Gasteiger partial charge in [0.1, 0.15) is 5.75 Å². The zero-order valence-electron chi connectivity index (χ0n) is 18.3. The van der Waals surface area contributed by atoms with Crippen LogP contribution in [0.15, 0.2) is 12.1 Å². The lowest BCUT2D eigenvalue weighted by Crippen LogP contribution is -2.47. The first kappa shape index (κ1) is 22.9. The third kappa shape index (κ3) is 6.63. The number of nitrogens with one attached hydrogen (secondary N) is 1. The zero-order chi connectivity index (χ0) is 21.5. The van der Waals surface area contributed by atoms with E-state index in [0.717, 1.165) is 54.4 Å². The van der Waals surface area contributed by atoms with Gasteiger partial charge in [0, 0.05) is 30.6 Å². The van der Waals surface area contributed by atoms with Crippen LogP contribution < -0.4 is 10.1 Å². The van der Waals surface area contributed by atoms with Crippen molar-refractivity contribution in [3.05, 3.63) is 28.3 Å². The van der Waals surface area contributed by atoms with Crippen molar-refractivity contribution in [2.75, 3.05) is 19.7 Å². The molecule has 30 heavy (non-hydrogen) atoms. The monoisotopic (exact) mass is 434 g/mol. The summed E-state index contributed by atoms with van der Waals surface area (Å²) in [5.74, 6) is 1.56. The van der Waals surface area contributed by atoms with Crippen molar-refractivity contribution < 1.29 is 14.3 Å². The van der Waals surface area contributed by atoms with E-state index in [-0.39, 0.29) is 24.5 Å². The van der Waals surface area contributed by atoms with Crippen molar-refractivity contribution in [3.8, 4) is 5.75 Å². The number of carbonyl (C=O) groups is 2. The van der Waals surface area contributed by atoms with Crippen molar-refractivity contribution in [1.82, 2.24) is 10.2 Å². The van der Waals surface area contributed by atoms with Gasteiger partial charge in [-0.05, 0) is 62.3 Å². The number of ether oxygens (including phenoxy) is 1. The van der Waals surface area contributed by atoms with Crippen molar-refractivity contribution in [1.29, 1.82) is 0 Å². The summed E-state index contributed by atoms with van der Waals surface area (Å²) >= 11 is 6.17. The Labute approximate surface area is 185 Å². The third-order valence-corrected chi connectivity index (χ3v) is 7.08. The number of nitrogens with zero attached hydrogens (tertiary/aromatic N) is 1. The number of carbonyl (C=O) groups excluding carboxylic acids is 2. The summed E-state index contributed by atoms with van der Waals surface area (Å²) in [6, 6.07) is 3.80. The molecule has 1 aliphatic heterocycles. The number of aryl methyl sites for hydroxylation is 2. The largest absolute Gasteiger partial charge is 0.484 e. The van der Waals surface area contributed by atoms with E-state index >= 15 is 0 Å². The number of hydrogen-bond acceptors (Lipinski definition) is 3. The smallest absolute Gasteiger partial charge is 0.258 e. The highest BCUT2D eigenvalue weighted by Gasteiger charge is 2.24. The van der Waals surface area contributed by atoms with Gasteiger partial charge in [-0.25, -0.2) is 0 Å². The molecule has 1 aliphatic carbocycles. The molecule has 0 spiro atoms. The molecule has 0 unspecified atom stereocenters. The highest BCUT2D eigenvalue weighted by molar-refractivity contribution is 6.32. The van der Waals surface area contributed by atoms with Crippen LogP contribution in [0, 0.1) is 19.8 Å². The van der Waals surface area contributed by atoms with Crippen LogP contribution in [0.5, 0.6) is 5.75 Å². The predicted octanol–water partition coefficient (Wildman–Crippen LogP) is 4.80. The van der Waals surface area contributed by atoms with Crippen molar-refractivity contribution in [2.45, 2.75) is 77.7 Å². The summed E-state index contributed by atoms with van der Waals surface area (Å²) in [6.07, 6.45) is 9.91. The van der Waals surface area contributed by atoms with E-state index < -0.39 is 0 Å². The molecule has 166 valence electrons. The second kappa shape index (κ2) is 11.0. The molecule has 0 radical (unpaired) electrons. The molecule has 1 saturated carbocycles. The maximum Gasteiger partial charge on any atom is 0.258 e. The fourth-order valence-corrected chi connectivity index (χ4v) is 4.75. The molecule has 2 fully saturated rings. The van der Waals surface area contributed by atoms with Crippen LogP contribution in [0.3, 0.4) is 0 Å². The van der Waals surface area contributed by atoms with E-state index in [1.165, 1.54) is 32.1 Å². The Kier molecular flexibility index (Phi) is 8.43. The first-order valence-corrected chi connectivity index (χ1v) is 11.8. The molecule has 0 aromatic heterocycles. The maximum absolute atomic E-state index is 12.5. The Bertz CT molecular complexity index is 715. The molecule has 0 bridgehead atoms. The van der Waals surface area contributed by atoms with Crippen molar-refractivity contribution in [3.63, 3.8) is 0 Å². The Morgan fingerprint density at radius 2 is 1.70 bits per heavy atom. The molecule has 3 rings (SSSR count). The molecule has 1 aromatic rings. The molecule has 2 aliphatic rings. The predicted molar refractivity (Wildman–Crippen MR) is 120 cm³/mol. The first-order valence-electron chi connectivity index (χ1n) is 11.4. The van der Waals surface area contributed by atoms with Crippen LogP contribution in [0.2, 0.25) is 5.02 Å². The lowest BCUT2D eigenvalue weighted by molar-refractivity contribution is -0.132. The van der Waals surface area contributed by atoms with Gasteiger partial charge in [-0.3, -0.25) is 9.59 Å². The summed E-state index contributed by atoms with van der Waals surface area (Å²) in [5, 5.41) is 3.77. The van der Waals surface area contributed by atoms with Gasteiger partial charge in [-0.1, -0.05) is 43.7 Å². The van der Waals surface area contributed by atoms with Gasteiger partial charge < -0.3 is 15.0 Å². The normalized spacial score (nSPS) is 18.3. The molecule has 1 heterocycles. The topological polar surface area (TPSA) is 58.6 Å². The quantitative estimate of drug-likeness (QED) is 0.670. The van der Waals surface area contributed by atoms with E-state index in [4.69, 9.17) is 16.3 Å². The Hall–Kier alpha value is -1.75. The average molecular weight is 435 g/mol. The molecule has 1 saturated heterocycles. The number of hydrogen-bond donors (Lipinski definition) is 1. The Morgan fingerprint density at radius 1 is 1.07 bits per heavy atom. The molecule has 1 aromatic carbocycles. The number of rotatable bonds is 7. The molecule has 5 nitrogen and oxygen atoms in total. The minimum absolute atomic E-state index is 0.0129. The SMILES string of the molecule is Cc1cc(OCC(=O)NC2CCN(C(=O)CCC3CCCCC3)CC2)cc(C)c1Cl. The summed E-state index contributed by atoms with van der Waals surface area (Å²) in [4.78, 5) is 26.8. The van der Waals surface area contributed by atoms with Crippen LogP contribution >= 0.6 is 11.6 Å². The van der Waals surface area contributed by atoms with E-state index in [1.54, 1.807) is 0 Å². The first-order chi connectivity index (χ1) is 14.4. The Morgan fingerprint density at radius 3 is 2.33 bits per heavy atom. The second-order valence-electron chi connectivity index (χ2n) is 8.93. The van der Waals surface area contributed by atoms with Crippen LogP contribution in [-0.4, -0.2) is 42.5 Å². The number of piperidine rings is 1. The minimum atomic E-state index is -0.123. The van der Waals surface area contributed by atoms with Gasteiger partial charge in [-0.2, -0.15) is 0 Å². The standard InChI is InChI=1S/C24H35ClN2O3/c1-17-14-21(15-18(2)24(17)25)30-16-22(28)26-20-10-12-27(13-11-20)23(29)9-8-19-6-4-3-5-7-19/h14-15,19-20H,3-13,16H2,1-2H3,(H,26,28). The molecule has 0 atom stereocenters. The Balaban J connectivity index is 1.34. The molecule has 6 heteroatoms. The lowest BCUT2D eigenvalue weighted by Gasteiger charge is -2.33. The van der Waals surface area contributed by atoms with Gasteiger partial charge in [0.25, 0.3) is 5.91 Å². The van der Waals surface area contributed by atoms with E-state index in [9.17, 15) is 9.59 Å². The summed E-state index contributed by atoms with van der Waals surface area (Å²) < 4.78 is 5.64. The van der Waals surface area contributed by atoms with E-state index in [0.29, 0.717) is 12.2 Å².